The molecule has 1 saturated heterocycles. The zero-order chi connectivity index (χ0) is 12.1. The van der Waals surface area contributed by atoms with Crippen molar-refractivity contribution >= 4 is 27.7 Å². The van der Waals surface area contributed by atoms with Crippen LogP contribution in [0.1, 0.15) is 18.4 Å². The van der Waals surface area contributed by atoms with Crippen molar-refractivity contribution in [3.63, 3.8) is 0 Å². The normalized spacial score (nSPS) is 17.1. The molecule has 1 heterocycles. The summed E-state index contributed by atoms with van der Waals surface area (Å²) in [5.41, 5.74) is 1.31. The van der Waals surface area contributed by atoms with Crippen LogP contribution < -0.4 is 4.74 Å². The van der Waals surface area contributed by atoms with E-state index >= 15 is 0 Å². The average molecular weight is 317 g/mol. The van der Waals surface area contributed by atoms with Crippen molar-refractivity contribution in [2.75, 3.05) is 20.3 Å². The topological polar surface area (TPSA) is 18.5 Å². The quantitative estimate of drug-likeness (QED) is 0.840. The maximum Gasteiger partial charge on any atom is 0.119 e. The van der Waals surface area contributed by atoms with Gasteiger partial charge in [-0.15, -0.1) is 0 Å². The van der Waals surface area contributed by atoms with Crippen LogP contribution >= 0.6 is 27.7 Å². The lowest BCUT2D eigenvalue weighted by molar-refractivity contribution is 0.1000. The standard InChI is InChI=1S/C13H17BrO2S/c1-15-11-2-3-13(14)10(8-11)9-17-12-4-6-16-7-5-12/h2-3,8,12H,4-7,9H2,1H3. The van der Waals surface area contributed by atoms with Crippen LogP contribution in [0.4, 0.5) is 0 Å². The van der Waals surface area contributed by atoms with Gasteiger partial charge in [0.15, 0.2) is 0 Å². The van der Waals surface area contributed by atoms with Crippen molar-refractivity contribution in [1.82, 2.24) is 0 Å². The molecular weight excluding hydrogens is 300 g/mol. The molecule has 0 amide bonds. The van der Waals surface area contributed by atoms with E-state index in [0.29, 0.717) is 0 Å². The largest absolute Gasteiger partial charge is 0.497 e. The molecule has 17 heavy (non-hydrogen) atoms. The van der Waals surface area contributed by atoms with Gasteiger partial charge in [0.2, 0.25) is 0 Å². The number of halogens is 1. The van der Waals surface area contributed by atoms with E-state index in [1.807, 2.05) is 17.8 Å². The van der Waals surface area contributed by atoms with Gasteiger partial charge < -0.3 is 9.47 Å². The summed E-state index contributed by atoms with van der Waals surface area (Å²) in [4.78, 5) is 0. The third kappa shape index (κ3) is 3.90. The van der Waals surface area contributed by atoms with Gasteiger partial charge in [-0.05, 0) is 36.6 Å². The predicted octanol–water partition coefficient (Wildman–Crippen LogP) is 3.87. The molecule has 0 radical (unpaired) electrons. The minimum Gasteiger partial charge on any atom is -0.497 e. The summed E-state index contributed by atoms with van der Waals surface area (Å²) >= 11 is 5.61. The summed E-state index contributed by atoms with van der Waals surface area (Å²) in [5.74, 6) is 1.96. The highest BCUT2D eigenvalue weighted by Gasteiger charge is 2.14. The lowest BCUT2D eigenvalue weighted by Gasteiger charge is -2.21. The van der Waals surface area contributed by atoms with E-state index in [2.05, 4.69) is 28.1 Å². The lowest BCUT2D eigenvalue weighted by Crippen LogP contribution is -2.17. The Labute approximate surface area is 115 Å². The summed E-state index contributed by atoms with van der Waals surface area (Å²) in [7, 11) is 1.71. The fraction of sp³-hybridized carbons (Fsp3) is 0.538. The van der Waals surface area contributed by atoms with Crippen LogP contribution in [0.3, 0.4) is 0 Å². The van der Waals surface area contributed by atoms with Crippen LogP contribution in [0.5, 0.6) is 5.75 Å². The number of methoxy groups -OCH3 is 1. The molecule has 94 valence electrons. The zero-order valence-electron chi connectivity index (χ0n) is 9.95. The second-order valence-corrected chi connectivity index (χ2v) is 6.22. The minimum atomic E-state index is 0.738. The summed E-state index contributed by atoms with van der Waals surface area (Å²) in [6.07, 6.45) is 2.35. The minimum absolute atomic E-state index is 0.738. The van der Waals surface area contributed by atoms with Gasteiger partial charge in [0.05, 0.1) is 7.11 Å². The van der Waals surface area contributed by atoms with Gasteiger partial charge in [-0.3, -0.25) is 0 Å². The van der Waals surface area contributed by atoms with Gasteiger partial charge in [-0.1, -0.05) is 15.9 Å². The molecule has 0 spiro atoms. The molecule has 0 N–H and O–H groups in total. The first-order valence-electron chi connectivity index (χ1n) is 5.81. The SMILES string of the molecule is COc1ccc(Br)c(CSC2CCOCC2)c1. The molecule has 1 aliphatic heterocycles. The monoisotopic (exact) mass is 316 g/mol. The summed E-state index contributed by atoms with van der Waals surface area (Å²) < 4.78 is 11.8. The first-order valence-corrected chi connectivity index (χ1v) is 7.65. The van der Waals surface area contributed by atoms with Gasteiger partial charge in [0.25, 0.3) is 0 Å². The van der Waals surface area contributed by atoms with Gasteiger partial charge >= 0.3 is 0 Å². The molecule has 1 aromatic carbocycles. The third-order valence-electron chi connectivity index (χ3n) is 2.90. The van der Waals surface area contributed by atoms with Crippen LogP contribution in [-0.2, 0) is 10.5 Å². The van der Waals surface area contributed by atoms with Crippen molar-refractivity contribution in [1.29, 1.82) is 0 Å². The molecule has 0 bridgehead atoms. The van der Waals surface area contributed by atoms with E-state index in [0.717, 1.165) is 34.4 Å². The fourth-order valence-corrected chi connectivity index (χ4v) is 3.59. The first kappa shape index (κ1) is 13.2. The van der Waals surface area contributed by atoms with Crippen LogP contribution in [0, 0.1) is 0 Å². The molecular formula is C13H17BrO2S. The van der Waals surface area contributed by atoms with Gasteiger partial charge in [-0.25, -0.2) is 0 Å². The van der Waals surface area contributed by atoms with Gasteiger partial charge in [-0.2, -0.15) is 11.8 Å². The van der Waals surface area contributed by atoms with Crippen molar-refractivity contribution in [3.8, 4) is 5.75 Å². The zero-order valence-corrected chi connectivity index (χ0v) is 12.4. The van der Waals surface area contributed by atoms with Crippen molar-refractivity contribution in [2.24, 2.45) is 0 Å². The highest BCUT2D eigenvalue weighted by atomic mass is 79.9. The van der Waals surface area contributed by atoms with E-state index in [-0.39, 0.29) is 0 Å². The first-order chi connectivity index (χ1) is 8.29. The van der Waals surface area contributed by atoms with Crippen LogP contribution in [0.15, 0.2) is 22.7 Å². The Morgan fingerprint density at radius 2 is 2.18 bits per heavy atom. The number of ether oxygens (including phenoxy) is 2. The van der Waals surface area contributed by atoms with E-state index in [1.54, 1.807) is 7.11 Å². The van der Waals surface area contributed by atoms with E-state index in [1.165, 1.54) is 18.4 Å². The second kappa shape index (κ2) is 6.66. The molecule has 1 aromatic rings. The number of rotatable bonds is 4. The highest BCUT2D eigenvalue weighted by molar-refractivity contribution is 9.10. The maximum atomic E-state index is 5.37. The van der Waals surface area contributed by atoms with E-state index in [9.17, 15) is 0 Å². The molecule has 2 nitrogen and oxygen atoms in total. The average Bonchev–Trinajstić information content (AvgIpc) is 2.39. The molecule has 2 rings (SSSR count). The Hall–Kier alpha value is -0.190. The highest BCUT2D eigenvalue weighted by Crippen LogP contribution is 2.30. The summed E-state index contributed by atoms with van der Waals surface area (Å²) in [5, 5.41) is 0.738. The van der Waals surface area contributed by atoms with Crippen LogP contribution in [0.25, 0.3) is 0 Å². The molecule has 0 unspecified atom stereocenters. The van der Waals surface area contributed by atoms with Crippen molar-refractivity contribution < 1.29 is 9.47 Å². The van der Waals surface area contributed by atoms with Crippen molar-refractivity contribution in [2.45, 2.75) is 23.8 Å². The molecule has 0 aromatic heterocycles. The molecule has 1 fully saturated rings. The van der Waals surface area contributed by atoms with Crippen LogP contribution in [0.2, 0.25) is 0 Å². The predicted molar refractivity (Wildman–Crippen MR) is 75.8 cm³/mol. The second-order valence-electron chi connectivity index (χ2n) is 4.08. The number of thioether (sulfide) groups is 1. The maximum absolute atomic E-state index is 5.37. The fourth-order valence-electron chi connectivity index (χ4n) is 1.84. The third-order valence-corrected chi connectivity index (χ3v) is 5.09. The van der Waals surface area contributed by atoms with Crippen molar-refractivity contribution in [3.05, 3.63) is 28.2 Å². The number of hydrogen-bond donors (Lipinski definition) is 0. The summed E-state index contributed by atoms with van der Waals surface area (Å²) in [6, 6.07) is 6.14. The molecule has 0 saturated carbocycles. The molecule has 0 aliphatic carbocycles. The van der Waals surface area contributed by atoms with Gasteiger partial charge in [0, 0.05) is 28.7 Å². The van der Waals surface area contributed by atoms with Crippen LogP contribution in [-0.4, -0.2) is 25.6 Å². The smallest absolute Gasteiger partial charge is 0.119 e. The van der Waals surface area contributed by atoms with Gasteiger partial charge in [0.1, 0.15) is 5.75 Å². The Kier molecular flexibility index (Phi) is 5.19. The lowest BCUT2D eigenvalue weighted by atomic mass is 10.2. The Bertz CT molecular complexity index is 364. The molecule has 1 aliphatic rings. The Morgan fingerprint density at radius 1 is 1.41 bits per heavy atom. The van der Waals surface area contributed by atoms with E-state index in [4.69, 9.17) is 9.47 Å². The summed E-state index contributed by atoms with van der Waals surface area (Å²) in [6.45, 7) is 1.83. The Morgan fingerprint density at radius 3 is 2.88 bits per heavy atom. The molecule has 0 atom stereocenters. The molecule has 4 heteroatoms. The number of benzene rings is 1. The Balaban J connectivity index is 1.92. The number of hydrogen-bond acceptors (Lipinski definition) is 3. The van der Waals surface area contributed by atoms with E-state index < -0.39 is 0 Å².